The summed E-state index contributed by atoms with van der Waals surface area (Å²) in [4.78, 5) is 39.3. The van der Waals surface area contributed by atoms with E-state index in [-0.39, 0.29) is 41.3 Å². The molecule has 1 aromatic rings. The second-order valence-electron chi connectivity index (χ2n) is 7.03. The largest absolute Gasteiger partial charge is 0.492 e. The fraction of sp³-hybridized carbons (Fsp3) is 0.450. The molecule has 1 heterocycles. The number of ether oxygens (including phenoxy) is 1. The molecule has 0 aromatic heterocycles. The summed E-state index contributed by atoms with van der Waals surface area (Å²) in [6.45, 7) is 3.74. The molecular formula is C20H21NO4. The summed E-state index contributed by atoms with van der Waals surface area (Å²) in [5.74, 6) is -0.216. The van der Waals surface area contributed by atoms with E-state index in [1.165, 1.54) is 11.8 Å². The minimum absolute atomic E-state index is 0.109. The number of amides is 2. The zero-order chi connectivity index (χ0) is 17.7. The third-order valence-electron chi connectivity index (χ3n) is 5.67. The van der Waals surface area contributed by atoms with Gasteiger partial charge >= 0.3 is 0 Å². The van der Waals surface area contributed by atoms with E-state index in [2.05, 4.69) is 12.2 Å². The zero-order valence-electron chi connectivity index (χ0n) is 14.4. The Kier molecular flexibility index (Phi) is 3.74. The maximum Gasteiger partial charge on any atom is 0.238 e. The number of allylic oxidation sites excluding steroid dienone is 2. The number of nitrogens with zero attached hydrogens (tertiary/aromatic N) is 1. The monoisotopic (exact) mass is 339 g/mol. The molecule has 5 rings (SSSR count). The van der Waals surface area contributed by atoms with Crippen LogP contribution in [0.4, 0.5) is 5.69 Å². The van der Waals surface area contributed by atoms with Gasteiger partial charge in [-0.25, -0.2) is 4.90 Å². The van der Waals surface area contributed by atoms with Gasteiger partial charge < -0.3 is 4.74 Å². The summed E-state index contributed by atoms with van der Waals surface area (Å²) in [5.41, 5.74) is 0.869. The first-order valence-corrected chi connectivity index (χ1v) is 8.86. The van der Waals surface area contributed by atoms with E-state index < -0.39 is 0 Å². The van der Waals surface area contributed by atoms with E-state index in [1.807, 2.05) is 6.92 Å². The van der Waals surface area contributed by atoms with Gasteiger partial charge in [0.15, 0.2) is 5.78 Å². The lowest BCUT2D eigenvalue weighted by molar-refractivity contribution is -0.124. The molecule has 1 saturated heterocycles. The predicted octanol–water partition coefficient (Wildman–Crippen LogP) is 2.99. The summed E-state index contributed by atoms with van der Waals surface area (Å²) in [6, 6.07) is 4.95. The van der Waals surface area contributed by atoms with Crippen LogP contribution in [-0.2, 0) is 9.59 Å². The van der Waals surface area contributed by atoms with Crippen molar-refractivity contribution in [2.45, 2.75) is 26.7 Å². The van der Waals surface area contributed by atoms with Gasteiger partial charge in [-0.15, -0.1) is 0 Å². The van der Waals surface area contributed by atoms with Gasteiger partial charge in [0.05, 0.1) is 24.1 Å². The second-order valence-corrected chi connectivity index (χ2v) is 7.03. The highest BCUT2D eigenvalue weighted by Gasteiger charge is 2.57. The van der Waals surface area contributed by atoms with E-state index in [0.29, 0.717) is 23.6 Å². The van der Waals surface area contributed by atoms with Crippen LogP contribution in [-0.4, -0.2) is 24.2 Å². The zero-order valence-corrected chi connectivity index (χ0v) is 14.4. The van der Waals surface area contributed by atoms with Crippen molar-refractivity contribution in [2.24, 2.45) is 23.7 Å². The first kappa shape index (κ1) is 16.1. The molecule has 5 nitrogen and oxygen atoms in total. The molecule has 2 amide bonds. The Balaban J connectivity index is 1.79. The smallest absolute Gasteiger partial charge is 0.238 e. The Morgan fingerprint density at radius 3 is 2.20 bits per heavy atom. The van der Waals surface area contributed by atoms with Crippen molar-refractivity contribution in [3.05, 3.63) is 35.9 Å². The highest BCUT2D eigenvalue weighted by molar-refractivity contribution is 6.23. The summed E-state index contributed by atoms with van der Waals surface area (Å²) in [5, 5.41) is 0. The molecular weight excluding hydrogens is 318 g/mol. The van der Waals surface area contributed by atoms with Crippen molar-refractivity contribution in [1.82, 2.24) is 0 Å². The first-order chi connectivity index (χ1) is 12.0. The van der Waals surface area contributed by atoms with Crippen molar-refractivity contribution >= 4 is 23.3 Å². The number of rotatable bonds is 4. The van der Waals surface area contributed by atoms with Gasteiger partial charge in [0.25, 0.3) is 0 Å². The highest BCUT2D eigenvalue weighted by Crippen LogP contribution is 2.51. The van der Waals surface area contributed by atoms with Gasteiger partial charge in [0.1, 0.15) is 5.75 Å². The lowest BCUT2D eigenvalue weighted by Gasteiger charge is -2.38. The Morgan fingerprint density at radius 2 is 1.72 bits per heavy atom. The number of imide groups is 1. The van der Waals surface area contributed by atoms with Crippen LogP contribution >= 0.6 is 0 Å². The number of carbonyl (C=O) groups excluding carboxylic acids is 3. The molecule has 25 heavy (non-hydrogen) atoms. The maximum absolute atomic E-state index is 13.1. The van der Waals surface area contributed by atoms with Crippen LogP contribution < -0.4 is 9.64 Å². The minimum Gasteiger partial charge on any atom is -0.492 e. The van der Waals surface area contributed by atoms with Gasteiger partial charge in [0, 0.05) is 5.56 Å². The van der Waals surface area contributed by atoms with Gasteiger partial charge in [-0.1, -0.05) is 12.2 Å². The number of hydrogen-bond acceptors (Lipinski definition) is 4. The lowest BCUT2D eigenvalue weighted by Crippen LogP contribution is -2.38. The second kappa shape index (κ2) is 5.83. The lowest BCUT2D eigenvalue weighted by atomic mass is 9.63. The van der Waals surface area contributed by atoms with Gasteiger partial charge in [-0.2, -0.15) is 0 Å². The number of carbonyl (C=O) groups is 3. The van der Waals surface area contributed by atoms with Crippen LogP contribution in [0.25, 0.3) is 0 Å². The topological polar surface area (TPSA) is 63.7 Å². The molecule has 1 aromatic carbocycles. The fourth-order valence-electron chi connectivity index (χ4n) is 4.50. The Morgan fingerprint density at radius 1 is 1.12 bits per heavy atom. The molecule has 3 aliphatic carbocycles. The number of anilines is 1. The van der Waals surface area contributed by atoms with Crippen LogP contribution in [0.2, 0.25) is 0 Å². The summed E-state index contributed by atoms with van der Waals surface area (Å²) in [7, 11) is 0. The standard InChI is InChI=1S/C20H21NO4/c1-3-25-16-9-8-14(11(2)22)10-15(16)21-19(23)17-12-4-5-13(7-6-12)18(17)20(21)24/h4-5,8-10,12-13,17-18H,3,6-7H2,1-2H3/t12-,13-,17+,18+/m1/s1. The number of hydrogen-bond donors (Lipinski definition) is 0. The normalized spacial score (nSPS) is 29.9. The van der Waals surface area contributed by atoms with Crippen LogP contribution in [0.5, 0.6) is 5.75 Å². The molecule has 0 spiro atoms. The first-order valence-electron chi connectivity index (χ1n) is 8.86. The molecule has 1 aliphatic heterocycles. The van der Waals surface area contributed by atoms with Crippen LogP contribution in [0.1, 0.15) is 37.0 Å². The maximum atomic E-state index is 13.1. The minimum atomic E-state index is -0.272. The third-order valence-corrected chi connectivity index (χ3v) is 5.67. The van der Waals surface area contributed by atoms with E-state index in [1.54, 1.807) is 18.2 Å². The average Bonchev–Trinajstić information content (AvgIpc) is 2.90. The van der Waals surface area contributed by atoms with Crippen molar-refractivity contribution in [1.29, 1.82) is 0 Å². The van der Waals surface area contributed by atoms with E-state index in [9.17, 15) is 14.4 Å². The van der Waals surface area contributed by atoms with Crippen molar-refractivity contribution in [3.63, 3.8) is 0 Å². The van der Waals surface area contributed by atoms with Gasteiger partial charge in [-0.05, 0) is 56.7 Å². The molecule has 0 radical (unpaired) electrons. The number of benzene rings is 1. The van der Waals surface area contributed by atoms with Gasteiger partial charge in [0.2, 0.25) is 11.8 Å². The number of fused-ring (bicyclic) bond motifs is 1. The molecule has 2 bridgehead atoms. The Hall–Kier alpha value is -2.43. The molecule has 0 unspecified atom stereocenters. The Labute approximate surface area is 146 Å². The van der Waals surface area contributed by atoms with Crippen LogP contribution in [0.3, 0.4) is 0 Å². The Bertz CT molecular complexity index is 765. The SMILES string of the molecule is CCOc1ccc(C(C)=O)cc1N1C(=O)[C@@H]2[C@@H](C1=O)[C@@H]1C=C[C@@H]2CC1. The molecule has 0 N–H and O–H groups in total. The quantitative estimate of drug-likeness (QED) is 0.481. The van der Waals surface area contributed by atoms with E-state index >= 15 is 0 Å². The summed E-state index contributed by atoms with van der Waals surface area (Å²) < 4.78 is 5.63. The fourth-order valence-corrected chi connectivity index (χ4v) is 4.50. The molecule has 2 fully saturated rings. The van der Waals surface area contributed by atoms with Crippen molar-refractivity contribution in [2.75, 3.05) is 11.5 Å². The number of ketones is 1. The van der Waals surface area contributed by atoms with E-state index in [4.69, 9.17) is 4.74 Å². The average molecular weight is 339 g/mol. The molecule has 130 valence electrons. The predicted molar refractivity (Wildman–Crippen MR) is 92.4 cm³/mol. The van der Waals surface area contributed by atoms with Crippen molar-refractivity contribution < 1.29 is 19.1 Å². The van der Waals surface area contributed by atoms with Crippen molar-refractivity contribution in [3.8, 4) is 5.75 Å². The number of Topliss-reactive ketones (excluding diaryl/α,β-unsaturated/α-hetero) is 1. The summed E-state index contributed by atoms with van der Waals surface area (Å²) >= 11 is 0. The highest BCUT2D eigenvalue weighted by atomic mass is 16.5. The molecule has 4 aliphatic rings. The third kappa shape index (κ3) is 2.33. The van der Waals surface area contributed by atoms with E-state index in [0.717, 1.165) is 12.8 Å². The molecule has 5 heteroatoms. The van der Waals surface area contributed by atoms with Crippen LogP contribution in [0.15, 0.2) is 30.4 Å². The molecule has 1 saturated carbocycles. The van der Waals surface area contributed by atoms with Crippen LogP contribution in [0, 0.1) is 23.7 Å². The van der Waals surface area contributed by atoms with Gasteiger partial charge in [-0.3, -0.25) is 14.4 Å². The molecule has 4 atom stereocenters. The summed E-state index contributed by atoms with van der Waals surface area (Å²) in [6.07, 6.45) is 6.11.